The van der Waals surface area contributed by atoms with Crippen LogP contribution in [0.15, 0.2) is 42.5 Å². The SMILES string of the molecule is CN(C)Cc1cc(CNC(=O)c2cccc(Cl)c2)ccc1F. The highest BCUT2D eigenvalue weighted by Gasteiger charge is 2.08. The number of carbonyl (C=O) groups excluding carboxylic acids is 1. The van der Waals surface area contributed by atoms with Gasteiger partial charge in [-0.25, -0.2) is 4.39 Å². The van der Waals surface area contributed by atoms with Crippen LogP contribution in [0.4, 0.5) is 4.39 Å². The van der Waals surface area contributed by atoms with E-state index in [9.17, 15) is 9.18 Å². The molecule has 0 aliphatic rings. The van der Waals surface area contributed by atoms with E-state index in [0.717, 1.165) is 5.56 Å². The Morgan fingerprint density at radius 2 is 2.00 bits per heavy atom. The number of amides is 1. The van der Waals surface area contributed by atoms with Crippen molar-refractivity contribution in [1.82, 2.24) is 10.2 Å². The lowest BCUT2D eigenvalue weighted by Gasteiger charge is -2.12. The Kier molecular flexibility index (Phi) is 5.52. The zero-order valence-electron chi connectivity index (χ0n) is 12.6. The molecule has 0 spiro atoms. The van der Waals surface area contributed by atoms with E-state index in [4.69, 9.17) is 11.6 Å². The van der Waals surface area contributed by atoms with Gasteiger partial charge in [0.1, 0.15) is 5.82 Å². The maximum Gasteiger partial charge on any atom is 0.251 e. The monoisotopic (exact) mass is 320 g/mol. The van der Waals surface area contributed by atoms with Crippen LogP contribution in [0.2, 0.25) is 5.02 Å². The number of hydrogen-bond acceptors (Lipinski definition) is 2. The van der Waals surface area contributed by atoms with E-state index in [1.807, 2.05) is 19.0 Å². The Labute approximate surface area is 134 Å². The van der Waals surface area contributed by atoms with Crippen molar-refractivity contribution in [3.63, 3.8) is 0 Å². The van der Waals surface area contributed by atoms with E-state index in [-0.39, 0.29) is 11.7 Å². The van der Waals surface area contributed by atoms with E-state index in [2.05, 4.69) is 5.32 Å². The normalized spacial score (nSPS) is 10.8. The van der Waals surface area contributed by atoms with Gasteiger partial charge in [-0.15, -0.1) is 0 Å². The largest absolute Gasteiger partial charge is 0.348 e. The molecule has 0 aliphatic carbocycles. The summed E-state index contributed by atoms with van der Waals surface area (Å²) in [5, 5.41) is 3.33. The summed E-state index contributed by atoms with van der Waals surface area (Å²) in [4.78, 5) is 13.9. The number of nitrogens with zero attached hydrogens (tertiary/aromatic N) is 1. The van der Waals surface area contributed by atoms with Crippen LogP contribution in [-0.4, -0.2) is 24.9 Å². The van der Waals surface area contributed by atoms with Gasteiger partial charge >= 0.3 is 0 Å². The summed E-state index contributed by atoms with van der Waals surface area (Å²) in [5.41, 5.74) is 1.97. The lowest BCUT2D eigenvalue weighted by Crippen LogP contribution is -2.23. The van der Waals surface area contributed by atoms with Gasteiger partial charge < -0.3 is 10.2 Å². The smallest absolute Gasteiger partial charge is 0.251 e. The molecule has 0 saturated heterocycles. The second kappa shape index (κ2) is 7.38. The van der Waals surface area contributed by atoms with Gasteiger partial charge in [-0.05, 0) is 50.0 Å². The molecule has 2 aromatic carbocycles. The topological polar surface area (TPSA) is 32.3 Å². The quantitative estimate of drug-likeness (QED) is 0.915. The van der Waals surface area contributed by atoms with E-state index < -0.39 is 0 Å². The first-order valence-electron chi connectivity index (χ1n) is 6.91. The molecule has 3 nitrogen and oxygen atoms in total. The molecular formula is C17H18ClFN2O. The minimum Gasteiger partial charge on any atom is -0.348 e. The van der Waals surface area contributed by atoms with Gasteiger partial charge in [0.05, 0.1) is 0 Å². The number of benzene rings is 2. The van der Waals surface area contributed by atoms with Crippen molar-refractivity contribution in [3.8, 4) is 0 Å². The number of halogens is 2. The number of nitrogens with one attached hydrogen (secondary N) is 1. The Bertz CT molecular complexity index is 673. The zero-order valence-corrected chi connectivity index (χ0v) is 13.3. The second-order valence-corrected chi connectivity index (χ2v) is 5.79. The summed E-state index contributed by atoms with van der Waals surface area (Å²) < 4.78 is 13.7. The molecule has 0 saturated carbocycles. The molecule has 116 valence electrons. The first-order chi connectivity index (χ1) is 10.5. The van der Waals surface area contributed by atoms with Gasteiger partial charge in [-0.1, -0.05) is 23.7 Å². The minimum absolute atomic E-state index is 0.207. The van der Waals surface area contributed by atoms with Crippen molar-refractivity contribution in [3.05, 3.63) is 70.0 Å². The van der Waals surface area contributed by atoms with E-state index in [1.54, 1.807) is 36.4 Å². The average Bonchev–Trinajstić information content (AvgIpc) is 2.47. The first-order valence-corrected chi connectivity index (χ1v) is 7.29. The molecule has 2 rings (SSSR count). The average molecular weight is 321 g/mol. The maximum atomic E-state index is 13.7. The molecular weight excluding hydrogens is 303 g/mol. The van der Waals surface area contributed by atoms with Crippen LogP contribution in [-0.2, 0) is 13.1 Å². The predicted octanol–water partition coefficient (Wildman–Crippen LogP) is 3.47. The summed E-state index contributed by atoms with van der Waals surface area (Å²) in [6, 6.07) is 11.6. The van der Waals surface area contributed by atoms with Crippen LogP contribution >= 0.6 is 11.6 Å². The Hall–Kier alpha value is -1.91. The molecule has 2 aromatic rings. The lowest BCUT2D eigenvalue weighted by molar-refractivity contribution is 0.0951. The molecule has 22 heavy (non-hydrogen) atoms. The summed E-state index contributed by atoms with van der Waals surface area (Å²) in [6.07, 6.45) is 0. The summed E-state index contributed by atoms with van der Waals surface area (Å²) in [7, 11) is 3.76. The molecule has 0 aromatic heterocycles. The van der Waals surface area contributed by atoms with Crippen LogP contribution < -0.4 is 5.32 Å². The standard InChI is InChI=1S/C17H18ClFN2O/c1-21(2)11-14-8-12(6-7-16(14)19)10-20-17(22)13-4-3-5-15(18)9-13/h3-9H,10-11H2,1-2H3,(H,20,22). The molecule has 1 N–H and O–H groups in total. The van der Waals surface area contributed by atoms with E-state index >= 15 is 0 Å². The zero-order chi connectivity index (χ0) is 16.1. The third-order valence-corrected chi connectivity index (χ3v) is 3.37. The first kappa shape index (κ1) is 16.5. The van der Waals surface area contributed by atoms with Crippen molar-refractivity contribution < 1.29 is 9.18 Å². The molecule has 0 fully saturated rings. The van der Waals surface area contributed by atoms with Crippen LogP contribution in [0, 0.1) is 5.82 Å². The van der Waals surface area contributed by atoms with Gasteiger partial charge in [0.2, 0.25) is 0 Å². The van der Waals surface area contributed by atoms with Crippen molar-refractivity contribution in [2.45, 2.75) is 13.1 Å². The Morgan fingerprint density at radius 3 is 2.68 bits per heavy atom. The highest BCUT2D eigenvalue weighted by molar-refractivity contribution is 6.30. The second-order valence-electron chi connectivity index (χ2n) is 5.36. The van der Waals surface area contributed by atoms with Crippen molar-refractivity contribution in [1.29, 1.82) is 0 Å². The number of carbonyl (C=O) groups is 1. The van der Waals surface area contributed by atoms with Gasteiger partial charge in [0, 0.05) is 29.2 Å². The number of rotatable bonds is 5. The van der Waals surface area contributed by atoms with Crippen LogP contribution in [0.1, 0.15) is 21.5 Å². The Morgan fingerprint density at radius 1 is 1.23 bits per heavy atom. The van der Waals surface area contributed by atoms with Crippen molar-refractivity contribution >= 4 is 17.5 Å². The molecule has 0 heterocycles. The highest BCUT2D eigenvalue weighted by Crippen LogP contribution is 2.13. The molecule has 0 bridgehead atoms. The van der Waals surface area contributed by atoms with Crippen molar-refractivity contribution in [2.24, 2.45) is 0 Å². The van der Waals surface area contributed by atoms with Crippen molar-refractivity contribution in [2.75, 3.05) is 14.1 Å². The third-order valence-electron chi connectivity index (χ3n) is 3.14. The molecule has 0 aliphatic heterocycles. The van der Waals surface area contributed by atoms with E-state index in [1.165, 1.54) is 6.07 Å². The third kappa shape index (κ3) is 4.55. The molecule has 0 atom stereocenters. The fourth-order valence-electron chi connectivity index (χ4n) is 2.11. The fraction of sp³-hybridized carbons (Fsp3) is 0.235. The fourth-order valence-corrected chi connectivity index (χ4v) is 2.30. The Balaban J connectivity index is 2.03. The molecule has 0 unspecified atom stereocenters. The molecule has 5 heteroatoms. The van der Waals surface area contributed by atoms with Gasteiger partial charge in [-0.2, -0.15) is 0 Å². The maximum absolute atomic E-state index is 13.7. The number of hydrogen-bond donors (Lipinski definition) is 1. The van der Waals surface area contributed by atoms with Gasteiger partial charge in [0.15, 0.2) is 0 Å². The lowest BCUT2D eigenvalue weighted by atomic mass is 10.1. The molecule has 1 amide bonds. The van der Waals surface area contributed by atoms with Crippen LogP contribution in [0.25, 0.3) is 0 Å². The highest BCUT2D eigenvalue weighted by atomic mass is 35.5. The van der Waals surface area contributed by atoms with Crippen LogP contribution in [0.3, 0.4) is 0 Å². The van der Waals surface area contributed by atoms with E-state index in [0.29, 0.717) is 29.2 Å². The molecule has 0 radical (unpaired) electrons. The van der Waals surface area contributed by atoms with Gasteiger partial charge in [-0.3, -0.25) is 4.79 Å². The summed E-state index contributed by atoms with van der Waals surface area (Å²) >= 11 is 5.87. The summed E-state index contributed by atoms with van der Waals surface area (Å²) in [5.74, 6) is -0.445. The minimum atomic E-state index is -0.237. The van der Waals surface area contributed by atoms with Crippen LogP contribution in [0.5, 0.6) is 0 Å². The van der Waals surface area contributed by atoms with Gasteiger partial charge in [0.25, 0.3) is 5.91 Å². The predicted molar refractivity (Wildman–Crippen MR) is 86.4 cm³/mol. The summed E-state index contributed by atoms with van der Waals surface area (Å²) in [6.45, 7) is 0.855.